The van der Waals surface area contributed by atoms with Gasteiger partial charge in [0, 0.05) is 12.7 Å². The largest absolute Gasteiger partial charge is 0.370 e. The number of amides is 2. The van der Waals surface area contributed by atoms with Crippen molar-refractivity contribution in [2.45, 2.75) is 27.3 Å². The third kappa shape index (κ3) is 1.80. The zero-order valence-electron chi connectivity index (χ0n) is 12.0. The van der Waals surface area contributed by atoms with Gasteiger partial charge < -0.3 is 5.32 Å². The van der Waals surface area contributed by atoms with Crippen LogP contribution in [0.2, 0.25) is 0 Å². The number of likely N-dealkylation sites (tertiary alicyclic amines) is 1. The van der Waals surface area contributed by atoms with Crippen molar-refractivity contribution in [2.75, 3.05) is 11.9 Å². The minimum Gasteiger partial charge on any atom is -0.370 e. The van der Waals surface area contributed by atoms with E-state index in [1.54, 1.807) is 6.20 Å². The second-order valence-corrected chi connectivity index (χ2v) is 6.12. The third-order valence-corrected chi connectivity index (χ3v) is 4.41. The highest BCUT2D eigenvalue weighted by Crippen LogP contribution is 2.63. The molecule has 5 nitrogen and oxygen atoms in total. The molecule has 1 aliphatic heterocycles. The number of imide groups is 1. The molecule has 0 radical (unpaired) electrons. The Morgan fingerprint density at radius 2 is 1.95 bits per heavy atom. The van der Waals surface area contributed by atoms with Gasteiger partial charge in [0.25, 0.3) is 0 Å². The number of nitrogens with zero attached hydrogens (tertiary/aromatic N) is 2. The molecule has 5 heteroatoms. The van der Waals surface area contributed by atoms with Gasteiger partial charge in [0.2, 0.25) is 11.8 Å². The van der Waals surface area contributed by atoms with E-state index in [4.69, 9.17) is 0 Å². The molecule has 1 aromatic heterocycles. The summed E-state index contributed by atoms with van der Waals surface area (Å²) in [5, 5.41) is 3.13. The summed E-state index contributed by atoms with van der Waals surface area (Å²) < 4.78 is 0. The van der Waals surface area contributed by atoms with Crippen LogP contribution in [0.25, 0.3) is 0 Å². The molecule has 0 spiro atoms. The van der Waals surface area contributed by atoms with Gasteiger partial charge in [0.1, 0.15) is 5.82 Å². The summed E-state index contributed by atoms with van der Waals surface area (Å²) in [6.45, 7) is 7.12. The van der Waals surface area contributed by atoms with E-state index >= 15 is 0 Å². The molecule has 2 amide bonds. The molecule has 0 bridgehead atoms. The topological polar surface area (TPSA) is 62.3 Å². The maximum absolute atomic E-state index is 12.3. The van der Waals surface area contributed by atoms with Crippen molar-refractivity contribution >= 4 is 17.6 Å². The van der Waals surface area contributed by atoms with Gasteiger partial charge in [-0.15, -0.1) is 0 Å². The van der Waals surface area contributed by atoms with Crippen molar-refractivity contribution in [1.29, 1.82) is 0 Å². The molecule has 1 aromatic rings. The van der Waals surface area contributed by atoms with E-state index in [1.165, 1.54) is 4.90 Å². The van der Waals surface area contributed by atoms with E-state index in [0.29, 0.717) is 6.54 Å². The predicted molar refractivity (Wildman–Crippen MR) is 74.7 cm³/mol. The summed E-state index contributed by atoms with van der Waals surface area (Å²) in [6.07, 6.45) is 1.70. The molecule has 2 unspecified atom stereocenters. The molecular formula is C15H19N3O2. The number of hydrogen-bond donors (Lipinski definition) is 1. The minimum absolute atomic E-state index is 0.0215. The van der Waals surface area contributed by atoms with Crippen molar-refractivity contribution in [3.63, 3.8) is 0 Å². The Labute approximate surface area is 118 Å². The molecular weight excluding hydrogens is 254 g/mol. The third-order valence-electron chi connectivity index (χ3n) is 4.41. The highest BCUT2D eigenvalue weighted by atomic mass is 16.2. The first-order valence-corrected chi connectivity index (χ1v) is 7.01. The number of hydrogen-bond acceptors (Lipinski definition) is 4. The maximum Gasteiger partial charge on any atom is 0.233 e. The van der Waals surface area contributed by atoms with Crippen LogP contribution in [0.5, 0.6) is 0 Å². The lowest BCUT2D eigenvalue weighted by atomic mass is 10.1. The van der Waals surface area contributed by atoms with Crippen molar-refractivity contribution < 1.29 is 9.59 Å². The van der Waals surface area contributed by atoms with Gasteiger partial charge in [-0.2, -0.15) is 0 Å². The quantitative estimate of drug-likeness (QED) is 0.847. The Morgan fingerprint density at radius 1 is 1.30 bits per heavy atom. The lowest BCUT2D eigenvalue weighted by Crippen LogP contribution is -2.35. The van der Waals surface area contributed by atoms with Crippen molar-refractivity contribution in [3.8, 4) is 0 Å². The normalized spacial score (nSPS) is 26.6. The van der Waals surface area contributed by atoms with Crippen LogP contribution in [0.3, 0.4) is 0 Å². The van der Waals surface area contributed by atoms with Crippen LogP contribution in [-0.2, 0) is 16.1 Å². The molecule has 2 heterocycles. The van der Waals surface area contributed by atoms with Crippen LogP contribution < -0.4 is 5.32 Å². The molecule has 2 fully saturated rings. The zero-order chi connectivity index (χ0) is 14.5. The number of rotatable bonds is 4. The Hall–Kier alpha value is -1.91. The summed E-state index contributed by atoms with van der Waals surface area (Å²) in [7, 11) is 0. The van der Waals surface area contributed by atoms with Crippen molar-refractivity contribution in [3.05, 3.63) is 23.9 Å². The molecule has 1 saturated heterocycles. The summed E-state index contributed by atoms with van der Waals surface area (Å²) in [5.74, 6) is 0.517. The molecule has 1 N–H and O–H groups in total. The number of piperidine rings is 1. The van der Waals surface area contributed by atoms with Crippen molar-refractivity contribution in [1.82, 2.24) is 9.88 Å². The SMILES string of the molecule is CCNc1cc(CN2C(=O)C3C(C2=O)C3(C)C)ccn1. The number of carbonyl (C=O) groups is 2. The zero-order valence-corrected chi connectivity index (χ0v) is 12.0. The molecule has 106 valence electrons. The van der Waals surface area contributed by atoms with Crippen LogP contribution in [0.4, 0.5) is 5.82 Å². The Bertz CT molecular complexity index is 558. The van der Waals surface area contributed by atoms with E-state index in [9.17, 15) is 9.59 Å². The number of aromatic nitrogens is 1. The fourth-order valence-electron chi connectivity index (χ4n) is 3.19. The first kappa shape index (κ1) is 13.1. The number of nitrogens with one attached hydrogen (secondary N) is 1. The van der Waals surface area contributed by atoms with E-state index < -0.39 is 0 Å². The minimum atomic E-state index is -0.141. The van der Waals surface area contributed by atoms with Crippen LogP contribution in [0.1, 0.15) is 26.3 Å². The van der Waals surface area contributed by atoms with Gasteiger partial charge in [-0.1, -0.05) is 13.8 Å². The van der Waals surface area contributed by atoms with E-state index in [0.717, 1.165) is 17.9 Å². The van der Waals surface area contributed by atoms with Crippen LogP contribution in [0, 0.1) is 17.3 Å². The van der Waals surface area contributed by atoms with Gasteiger partial charge in [-0.25, -0.2) is 4.98 Å². The number of anilines is 1. The molecule has 0 aromatic carbocycles. The first-order chi connectivity index (χ1) is 9.46. The maximum atomic E-state index is 12.3. The molecule has 1 saturated carbocycles. The lowest BCUT2D eigenvalue weighted by molar-refractivity contribution is -0.143. The molecule has 2 aliphatic rings. The van der Waals surface area contributed by atoms with E-state index in [-0.39, 0.29) is 29.1 Å². The lowest BCUT2D eigenvalue weighted by Gasteiger charge is -2.20. The van der Waals surface area contributed by atoms with Gasteiger partial charge in [-0.3, -0.25) is 14.5 Å². The average molecular weight is 273 g/mol. The van der Waals surface area contributed by atoms with Gasteiger partial charge in [0.05, 0.1) is 18.4 Å². The van der Waals surface area contributed by atoms with E-state index in [2.05, 4.69) is 10.3 Å². The molecule has 1 aliphatic carbocycles. The molecule has 3 rings (SSSR count). The Morgan fingerprint density at radius 3 is 2.55 bits per heavy atom. The van der Waals surface area contributed by atoms with Crippen LogP contribution in [-0.4, -0.2) is 28.2 Å². The fraction of sp³-hybridized carbons (Fsp3) is 0.533. The second-order valence-electron chi connectivity index (χ2n) is 6.12. The standard InChI is InChI=1S/C15H19N3O2/c1-4-16-10-7-9(5-6-17-10)8-18-13(19)11-12(14(18)20)15(11,2)3/h5-7,11-12H,4,8H2,1-3H3,(H,16,17). The smallest absolute Gasteiger partial charge is 0.233 e. The second kappa shape index (κ2) is 4.30. The van der Waals surface area contributed by atoms with Crippen molar-refractivity contribution in [2.24, 2.45) is 17.3 Å². The van der Waals surface area contributed by atoms with Gasteiger partial charge in [0.15, 0.2) is 0 Å². The summed E-state index contributed by atoms with van der Waals surface area (Å²) in [6, 6.07) is 3.73. The monoisotopic (exact) mass is 273 g/mol. The summed E-state index contributed by atoms with van der Waals surface area (Å²) >= 11 is 0. The van der Waals surface area contributed by atoms with Gasteiger partial charge in [-0.05, 0) is 30.0 Å². The molecule has 20 heavy (non-hydrogen) atoms. The summed E-state index contributed by atoms with van der Waals surface area (Å²) in [4.78, 5) is 30.1. The Kier molecular flexibility index (Phi) is 2.81. The van der Waals surface area contributed by atoms with E-state index in [1.807, 2.05) is 32.9 Å². The number of fused-ring (bicyclic) bond motifs is 1. The molecule has 2 atom stereocenters. The summed E-state index contributed by atoms with van der Waals surface area (Å²) in [5.41, 5.74) is 0.787. The first-order valence-electron chi connectivity index (χ1n) is 7.01. The highest BCUT2D eigenvalue weighted by Gasteiger charge is 2.72. The average Bonchev–Trinajstić information content (AvgIpc) is 2.87. The van der Waals surface area contributed by atoms with Gasteiger partial charge >= 0.3 is 0 Å². The van der Waals surface area contributed by atoms with Crippen LogP contribution in [0.15, 0.2) is 18.3 Å². The highest BCUT2D eigenvalue weighted by molar-refractivity contribution is 6.10. The predicted octanol–water partition coefficient (Wildman–Crippen LogP) is 1.65. The Balaban J connectivity index is 1.75. The fourth-order valence-corrected chi connectivity index (χ4v) is 3.19. The number of pyridine rings is 1. The number of carbonyl (C=O) groups excluding carboxylic acids is 2. The van der Waals surface area contributed by atoms with Crippen LogP contribution >= 0.6 is 0 Å².